The number of benzene rings is 4. The van der Waals surface area contributed by atoms with Crippen LogP contribution in [0.3, 0.4) is 0 Å². The first-order valence-electron chi connectivity index (χ1n) is 17.2. The second kappa shape index (κ2) is 15.9. The van der Waals surface area contributed by atoms with Crippen LogP contribution in [-0.4, -0.2) is 38.9 Å². The van der Waals surface area contributed by atoms with Gasteiger partial charge >= 0.3 is 6.09 Å². The largest absolute Gasteiger partial charge is 0.497 e. The second-order valence-electron chi connectivity index (χ2n) is 14.4. The maximum Gasteiger partial charge on any atom is 0.417 e. The number of carbonyl (C=O) groups is 2. The van der Waals surface area contributed by atoms with E-state index in [1.54, 1.807) is 43.5 Å². The molecule has 1 saturated heterocycles. The number of hydrogen-bond acceptors (Lipinski definition) is 7. The van der Waals surface area contributed by atoms with Crippen molar-refractivity contribution in [2.75, 3.05) is 19.0 Å². The second-order valence-corrected chi connectivity index (χ2v) is 19.2. The average Bonchev–Trinajstić information content (AvgIpc) is 3.52. The van der Waals surface area contributed by atoms with Crippen molar-refractivity contribution in [2.45, 2.75) is 69.9 Å². The monoisotopic (exact) mass is 707 g/mol. The summed E-state index contributed by atoms with van der Waals surface area (Å²) in [6.07, 6.45) is -0.419. The number of nitrogens with one attached hydrogen (secondary N) is 1. The Balaban J connectivity index is 1.60. The number of methoxy groups -OCH3 is 1. The number of rotatable bonds is 13. The molecule has 10 heteroatoms. The van der Waals surface area contributed by atoms with E-state index in [1.165, 1.54) is 17.0 Å². The number of halogens is 1. The quantitative estimate of drug-likeness (QED) is 0.138. The van der Waals surface area contributed by atoms with E-state index in [-0.39, 0.29) is 17.5 Å². The van der Waals surface area contributed by atoms with E-state index in [0.29, 0.717) is 29.8 Å². The number of carbonyl (C=O) groups excluding carboxylic acids is 2. The van der Waals surface area contributed by atoms with Crippen molar-refractivity contribution < 1.29 is 27.9 Å². The first-order valence-corrected chi connectivity index (χ1v) is 20.1. The van der Waals surface area contributed by atoms with Crippen LogP contribution in [0, 0.1) is 23.1 Å². The third kappa shape index (κ3) is 8.85. The first kappa shape index (κ1) is 37.3. The average molecular weight is 708 g/mol. The standard InChI is InChI=1S/C41H46FN3O5Si/c1-41(2,3)51(5,6)50-37(30-14-18-32(42)19-15-30)25-24-35(39(46)45-36(27-49-40(45)47)29-10-8-7-9-11-29)38(31-16-22-34(48-4)23-17-31)44-33-20-12-28(26-43)13-21-33/h7-23,35-38,44H,24-25,27H2,1-6H3. The Bertz CT molecular complexity index is 1820. The Morgan fingerprint density at radius 3 is 2.18 bits per heavy atom. The Morgan fingerprint density at radius 2 is 1.59 bits per heavy atom. The van der Waals surface area contributed by atoms with Crippen LogP contribution >= 0.6 is 0 Å². The fourth-order valence-electron chi connectivity index (χ4n) is 6.08. The predicted molar refractivity (Wildman–Crippen MR) is 198 cm³/mol. The molecule has 5 rings (SSSR count). The highest BCUT2D eigenvalue weighted by Crippen LogP contribution is 2.43. The van der Waals surface area contributed by atoms with Gasteiger partial charge in [0.25, 0.3) is 0 Å². The van der Waals surface area contributed by atoms with E-state index in [1.807, 2.05) is 54.6 Å². The van der Waals surface area contributed by atoms with Crippen molar-refractivity contribution in [3.63, 3.8) is 0 Å². The van der Waals surface area contributed by atoms with Crippen molar-refractivity contribution in [1.82, 2.24) is 4.90 Å². The third-order valence-electron chi connectivity index (χ3n) is 10.1. The van der Waals surface area contributed by atoms with E-state index in [2.05, 4.69) is 45.3 Å². The first-order chi connectivity index (χ1) is 24.3. The molecule has 0 saturated carbocycles. The molecule has 266 valence electrons. The molecular formula is C41H46FN3O5Si. The van der Waals surface area contributed by atoms with Crippen LogP contribution < -0.4 is 10.1 Å². The van der Waals surface area contributed by atoms with Gasteiger partial charge in [0, 0.05) is 5.69 Å². The number of cyclic esters (lactones) is 1. The molecule has 1 aliphatic heterocycles. The van der Waals surface area contributed by atoms with Gasteiger partial charge in [-0.05, 0) is 96.2 Å². The van der Waals surface area contributed by atoms with Crippen LogP contribution in [0.5, 0.6) is 5.75 Å². The van der Waals surface area contributed by atoms with Gasteiger partial charge in [-0.3, -0.25) is 4.79 Å². The van der Waals surface area contributed by atoms with Gasteiger partial charge in [0.1, 0.15) is 24.2 Å². The number of amides is 2. The smallest absolute Gasteiger partial charge is 0.417 e. The summed E-state index contributed by atoms with van der Waals surface area (Å²) in [6, 6.07) is 31.2. The highest BCUT2D eigenvalue weighted by atomic mass is 28.4. The molecular weight excluding hydrogens is 662 g/mol. The van der Waals surface area contributed by atoms with Crippen LogP contribution in [0.25, 0.3) is 0 Å². The van der Waals surface area contributed by atoms with Crippen LogP contribution in [0.4, 0.5) is 14.9 Å². The van der Waals surface area contributed by atoms with Gasteiger partial charge in [-0.25, -0.2) is 14.1 Å². The number of nitriles is 1. The molecule has 1 fully saturated rings. The maximum atomic E-state index is 15.0. The summed E-state index contributed by atoms with van der Waals surface area (Å²) < 4.78 is 32.1. The summed E-state index contributed by atoms with van der Waals surface area (Å²) in [6.45, 7) is 10.9. The molecule has 8 nitrogen and oxygen atoms in total. The number of hydrogen-bond donors (Lipinski definition) is 1. The van der Waals surface area contributed by atoms with Crippen molar-refractivity contribution >= 4 is 26.0 Å². The number of anilines is 1. The van der Waals surface area contributed by atoms with Gasteiger partial charge in [-0.2, -0.15) is 5.26 Å². The Labute approximate surface area is 301 Å². The molecule has 0 spiro atoms. The van der Waals surface area contributed by atoms with Gasteiger partial charge in [-0.1, -0.05) is 75.4 Å². The molecule has 0 aromatic heterocycles. The van der Waals surface area contributed by atoms with Crippen LogP contribution in [0.15, 0.2) is 103 Å². The minimum Gasteiger partial charge on any atom is -0.497 e. The van der Waals surface area contributed by atoms with E-state index < -0.39 is 44.4 Å². The lowest BCUT2D eigenvalue weighted by atomic mass is 9.85. The summed E-state index contributed by atoms with van der Waals surface area (Å²) >= 11 is 0. The lowest BCUT2D eigenvalue weighted by molar-refractivity contribution is -0.134. The molecule has 1 aliphatic rings. The molecule has 1 heterocycles. The highest BCUT2D eigenvalue weighted by molar-refractivity contribution is 6.74. The van der Waals surface area contributed by atoms with E-state index in [0.717, 1.165) is 16.7 Å². The minimum atomic E-state index is -2.35. The summed E-state index contributed by atoms with van der Waals surface area (Å²) in [7, 11) is -0.754. The highest BCUT2D eigenvalue weighted by Gasteiger charge is 2.45. The van der Waals surface area contributed by atoms with Crippen LogP contribution in [0.2, 0.25) is 18.1 Å². The van der Waals surface area contributed by atoms with Crippen molar-refractivity contribution in [1.29, 1.82) is 5.26 Å². The normalized spacial score (nSPS) is 16.5. The van der Waals surface area contributed by atoms with Crippen LogP contribution in [0.1, 0.15) is 74.1 Å². The molecule has 2 amide bonds. The molecule has 51 heavy (non-hydrogen) atoms. The fraction of sp³-hybridized carbons (Fsp3) is 0.341. The molecule has 1 N–H and O–H groups in total. The molecule has 4 unspecified atom stereocenters. The summed E-state index contributed by atoms with van der Waals surface area (Å²) in [5.41, 5.74) is 3.61. The lowest BCUT2D eigenvalue weighted by Gasteiger charge is -2.40. The maximum absolute atomic E-state index is 15.0. The van der Waals surface area contributed by atoms with Crippen molar-refractivity contribution in [3.05, 3.63) is 131 Å². The van der Waals surface area contributed by atoms with Gasteiger partial charge in [0.2, 0.25) is 5.91 Å². The van der Waals surface area contributed by atoms with Crippen molar-refractivity contribution in [2.24, 2.45) is 5.92 Å². The Morgan fingerprint density at radius 1 is 0.961 bits per heavy atom. The molecule has 4 atom stereocenters. The third-order valence-corrected chi connectivity index (χ3v) is 14.5. The SMILES string of the molecule is COc1ccc(C(Nc2ccc(C#N)cc2)C(CCC(O[Si](C)(C)C(C)(C)C)c2ccc(F)cc2)C(=O)N2C(=O)OCC2c2ccccc2)cc1. The van der Waals surface area contributed by atoms with Gasteiger partial charge in [0.05, 0.1) is 36.8 Å². The predicted octanol–water partition coefficient (Wildman–Crippen LogP) is 9.74. The number of imide groups is 1. The number of nitrogens with zero attached hydrogens (tertiary/aromatic N) is 2. The molecule has 0 bridgehead atoms. The minimum absolute atomic E-state index is 0.0459. The van der Waals surface area contributed by atoms with Gasteiger partial charge < -0.3 is 19.2 Å². The lowest BCUT2D eigenvalue weighted by Crippen LogP contribution is -2.43. The Hall–Kier alpha value is -4.98. The summed E-state index contributed by atoms with van der Waals surface area (Å²) in [5, 5.41) is 12.9. The van der Waals surface area contributed by atoms with Crippen LogP contribution in [-0.2, 0) is 14.0 Å². The molecule has 4 aromatic rings. The Kier molecular flexibility index (Phi) is 11.6. The van der Waals surface area contributed by atoms with E-state index in [4.69, 9.17) is 13.9 Å². The summed E-state index contributed by atoms with van der Waals surface area (Å²) in [5.74, 6) is -0.871. The molecule has 0 aliphatic carbocycles. The topological polar surface area (TPSA) is 101 Å². The van der Waals surface area contributed by atoms with Crippen molar-refractivity contribution in [3.8, 4) is 11.8 Å². The van der Waals surface area contributed by atoms with Gasteiger partial charge in [-0.15, -0.1) is 0 Å². The van der Waals surface area contributed by atoms with E-state index >= 15 is 4.79 Å². The zero-order valence-corrected chi connectivity index (χ0v) is 31.1. The van der Waals surface area contributed by atoms with Gasteiger partial charge in [0.15, 0.2) is 8.32 Å². The summed E-state index contributed by atoms with van der Waals surface area (Å²) in [4.78, 5) is 29.7. The number of ether oxygens (including phenoxy) is 2. The fourth-order valence-corrected chi connectivity index (χ4v) is 7.40. The zero-order valence-electron chi connectivity index (χ0n) is 30.1. The van der Waals surface area contributed by atoms with E-state index in [9.17, 15) is 14.4 Å². The zero-order chi connectivity index (χ0) is 36.8. The molecule has 0 radical (unpaired) electrons. The molecule has 4 aromatic carbocycles.